The molecule has 3 saturated carbocycles. The quantitative estimate of drug-likeness (QED) is 0.784. The van der Waals surface area contributed by atoms with Crippen LogP contribution in [0.15, 0.2) is 0 Å². The lowest BCUT2D eigenvalue weighted by Gasteiger charge is -2.42. The van der Waals surface area contributed by atoms with Crippen molar-refractivity contribution in [2.24, 2.45) is 35.3 Å². The van der Waals surface area contributed by atoms with Crippen LogP contribution < -0.4 is 5.73 Å². The Balaban J connectivity index is 1.73. The zero-order valence-corrected chi connectivity index (χ0v) is 11.6. The van der Waals surface area contributed by atoms with Crippen LogP contribution in [0.2, 0.25) is 0 Å². The number of hydrogen-bond donors (Lipinski definition) is 1. The molecule has 0 aromatic rings. The third-order valence-corrected chi connectivity index (χ3v) is 6.51. The summed E-state index contributed by atoms with van der Waals surface area (Å²) in [6.07, 6.45) is 11.3. The predicted molar refractivity (Wildman–Crippen MR) is 72.7 cm³/mol. The van der Waals surface area contributed by atoms with Crippen LogP contribution in [0.5, 0.6) is 0 Å². The Bertz CT molecular complexity index is 283. The molecule has 0 amide bonds. The van der Waals surface area contributed by atoms with Crippen molar-refractivity contribution in [3.05, 3.63) is 0 Å². The van der Waals surface area contributed by atoms with Crippen LogP contribution in [-0.4, -0.2) is 5.54 Å². The number of nitrogens with two attached hydrogens (primary N) is 1. The zero-order chi connectivity index (χ0) is 12.0. The van der Waals surface area contributed by atoms with Crippen molar-refractivity contribution in [1.82, 2.24) is 0 Å². The minimum atomic E-state index is 0.229. The Morgan fingerprint density at radius 3 is 2.59 bits per heavy atom. The molecule has 17 heavy (non-hydrogen) atoms. The summed E-state index contributed by atoms with van der Waals surface area (Å²) in [4.78, 5) is 0. The van der Waals surface area contributed by atoms with E-state index in [1.54, 1.807) is 0 Å². The van der Waals surface area contributed by atoms with E-state index in [1.807, 2.05) is 0 Å². The Kier molecular flexibility index (Phi) is 3.01. The molecule has 0 aromatic heterocycles. The minimum absolute atomic E-state index is 0.229. The molecule has 3 rings (SSSR count). The summed E-state index contributed by atoms with van der Waals surface area (Å²) in [6.45, 7) is 4.67. The molecule has 3 fully saturated rings. The molecular formula is C16H29N. The molecule has 0 spiro atoms. The van der Waals surface area contributed by atoms with E-state index in [-0.39, 0.29) is 5.54 Å². The summed E-state index contributed by atoms with van der Waals surface area (Å²) >= 11 is 0. The lowest BCUT2D eigenvalue weighted by Crippen LogP contribution is -2.50. The molecule has 2 N–H and O–H groups in total. The molecule has 0 heterocycles. The topological polar surface area (TPSA) is 26.0 Å². The van der Waals surface area contributed by atoms with Gasteiger partial charge in [-0.05, 0) is 61.7 Å². The van der Waals surface area contributed by atoms with Crippen molar-refractivity contribution in [2.45, 2.75) is 70.8 Å². The van der Waals surface area contributed by atoms with Gasteiger partial charge in [-0.25, -0.2) is 0 Å². The second kappa shape index (κ2) is 4.26. The maximum absolute atomic E-state index is 6.85. The predicted octanol–water partition coefficient (Wildman–Crippen LogP) is 3.97. The van der Waals surface area contributed by atoms with Gasteiger partial charge in [-0.15, -0.1) is 0 Å². The fourth-order valence-electron chi connectivity index (χ4n) is 5.66. The van der Waals surface area contributed by atoms with Crippen LogP contribution >= 0.6 is 0 Å². The second-order valence-electron chi connectivity index (χ2n) is 7.18. The Hall–Kier alpha value is -0.0400. The SMILES string of the molecule is CCC(CC)CC1(N)CC2CC1C1CCCC21. The first-order chi connectivity index (χ1) is 8.18. The lowest BCUT2D eigenvalue weighted by atomic mass is 9.67. The molecule has 0 radical (unpaired) electrons. The summed E-state index contributed by atoms with van der Waals surface area (Å²) in [6, 6.07) is 0. The summed E-state index contributed by atoms with van der Waals surface area (Å²) in [5, 5.41) is 0. The van der Waals surface area contributed by atoms with Crippen LogP contribution in [0.1, 0.15) is 65.2 Å². The van der Waals surface area contributed by atoms with Crippen LogP contribution in [0.4, 0.5) is 0 Å². The van der Waals surface area contributed by atoms with E-state index < -0.39 is 0 Å². The van der Waals surface area contributed by atoms with Crippen molar-refractivity contribution in [1.29, 1.82) is 0 Å². The highest BCUT2D eigenvalue weighted by Crippen LogP contribution is 2.62. The smallest absolute Gasteiger partial charge is 0.0191 e. The fourth-order valence-corrected chi connectivity index (χ4v) is 5.66. The first kappa shape index (κ1) is 12.0. The molecular weight excluding hydrogens is 206 g/mol. The zero-order valence-electron chi connectivity index (χ0n) is 11.6. The number of hydrogen-bond acceptors (Lipinski definition) is 1. The minimum Gasteiger partial charge on any atom is -0.325 e. The Labute approximate surface area is 107 Å². The summed E-state index contributed by atoms with van der Waals surface area (Å²) in [5.41, 5.74) is 7.08. The Morgan fingerprint density at radius 1 is 1.18 bits per heavy atom. The van der Waals surface area contributed by atoms with E-state index in [0.717, 1.165) is 29.6 Å². The molecule has 3 aliphatic carbocycles. The van der Waals surface area contributed by atoms with Gasteiger partial charge < -0.3 is 5.73 Å². The second-order valence-corrected chi connectivity index (χ2v) is 7.18. The van der Waals surface area contributed by atoms with Crippen LogP contribution in [-0.2, 0) is 0 Å². The van der Waals surface area contributed by atoms with Crippen molar-refractivity contribution >= 4 is 0 Å². The van der Waals surface area contributed by atoms with Crippen molar-refractivity contribution in [3.63, 3.8) is 0 Å². The van der Waals surface area contributed by atoms with Gasteiger partial charge in [0.15, 0.2) is 0 Å². The van der Waals surface area contributed by atoms with Crippen molar-refractivity contribution in [3.8, 4) is 0 Å². The monoisotopic (exact) mass is 235 g/mol. The van der Waals surface area contributed by atoms with Gasteiger partial charge in [0.05, 0.1) is 0 Å². The first-order valence-corrected chi connectivity index (χ1v) is 7.96. The van der Waals surface area contributed by atoms with Gasteiger partial charge >= 0.3 is 0 Å². The highest BCUT2D eigenvalue weighted by atomic mass is 14.8. The maximum atomic E-state index is 6.85. The van der Waals surface area contributed by atoms with E-state index in [2.05, 4.69) is 13.8 Å². The molecule has 3 aliphatic rings. The molecule has 98 valence electrons. The average Bonchev–Trinajstić information content (AvgIpc) is 2.96. The van der Waals surface area contributed by atoms with E-state index >= 15 is 0 Å². The lowest BCUT2D eigenvalue weighted by molar-refractivity contribution is 0.128. The van der Waals surface area contributed by atoms with Gasteiger partial charge in [-0.2, -0.15) is 0 Å². The van der Waals surface area contributed by atoms with Crippen LogP contribution in [0.3, 0.4) is 0 Å². The van der Waals surface area contributed by atoms with Gasteiger partial charge in [0, 0.05) is 5.54 Å². The highest BCUT2D eigenvalue weighted by Gasteiger charge is 2.59. The third-order valence-electron chi connectivity index (χ3n) is 6.51. The summed E-state index contributed by atoms with van der Waals surface area (Å²) in [5.74, 6) is 4.87. The van der Waals surface area contributed by atoms with Crippen molar-refractivity contribution in [2.75, 3.05) is 0 Å². The van der Waals surface area contributed by atoms with E-state index in [1.165, 1.54) is 51.4 Å². The standard InChI is InChI=1S/C16H29N/c1-3-11(4-2)9-16(17)10-12-8-15(16)14-7-5-6-13(12)14/h11-15H,3-10,17H2,1-2H3. The van der Waals surface area contributed by atoms with Gasteiger partial charge in [-0.1, -0.05) is 33.1 Å². The third kappa shape index (κ3) is 1.77. The first-order valence-electron chi connectivity index (χ1n) is 7.96. The maximum Gasteiger partial charge on any atom is 0.0191 e. The normalized spacial score (nSPS) is 48.0. The van der Waals surface area contributed by atoms with E-state index in [4.69, 9.17) is 5.73 Å². The van der Waals surface area contributed by atoms with Gasteiger partial charge in [0.1, 0.15) is 0 Å². The van der Waals surface area contributed by atoms with Crippen molar-refractivity contribution < 1.29 is 0 Å². The van der Waals surface area contributed by atoms with Gasteiger partial charge in [-0.3, -0.25) is 0 Å². The fraction of sp³-hybridized carbons (Fsp3) is 1.00. The van der Waals surface area contributed by atoms with E-state index in [0.29, 0.717) is 0 Å². The molecule has 5 unspecified atom stereocenters. The molecule has 2 bridgehead atoms. The molecule has 1 nitrogen and oxygen atoms in total. The largest absolute Gasteiger partial charge is 0.325 e. The summed E-state index contributed by atoms with van der Waals surface area (Å²) in [7, 11) is 0. The molecule has 0 aromatic carbocycles. The molecule has 5 atom stereocenters. The van der Waals surface area contributed by atoms with Gasteiger partial charge in [0.2, 0.25) is 0 Å². The average molecular weight is 235 g/mol. The summed E-state index contributed by atoms with van der Waals surface area (Å²) < 4.78 is 0. The molecule has 1 heteroatoms. The van der Waals surface area contributed by atoms with Gasteiger partial charge in [0.25, 0.3) is 0 Å². The highest BCUT2D eigenvalue weighted by molar-refractivity contribution is 5.12. The number of rotatable bonds is 4. The molecule has 0 saturated heterocycles. The number of fused-ring (bicyclic) bond motifs is 5. The van der Waals surface area contributed by atoms with Crippen LogP contribution in [0.25, 0.3) is 0 Å². The molecule has 0 aliphatic heterocycles. The van der Waals surface area contributed by atoms with E-state index in [9.17, 15) is 0 Å². The van der Waals surface area contributed by atoms with Crippen LogP contribution in [0, 0.1) is 29.6 Å². The Morgan fingerprint density at radius 2 is 1.88 bits per heavy atom.